The number of fused-ring (bicyclic) bond motifs is 2. The first-order chi connectivity index (χ1) is 8.36. The highest BCUT2D eigenvalue weighted by Crippen LogP contribution is 2.41. The molecule has 0 aliphatic carbocycles. The second kappa shape index (κ2) is 4.75. The van der Waals surface area contributed by atoms with Gasteiger partial charge >= 0.3 is 0 Å². The van der Waals surface area contributed by atoms with Crippen LogP contribution in [0.4, 0.5) is 0 Å². The standard InChI is InChI=1S/C11H19NO6/c1-5(14)12-8-6(15)3-11(2)17-9(7(16)4-13)10(8)18-11/h6-10,13,15-16H,3-4H2,1-2H3,(H,12,14)/t6-,7-,8-,9-,10?,11+/m1/s1. The molecule has 2 heterocycles. The number of amides is 1. The third kappa shape index (κ3) is 2.36. The van der Waals surface area contributed by atoms with E-state index in [2.05, 4.69) is 5.32 Å². The predicted molar refractivity (Wildman–Crippen MR) is 59.5 cm³/mol. The number of carbonyl (C=O) groups is 1. The van der Waals surface area contributed by atoms with Crippen molar-refractivity contribution in [2.24, 2.45) is 0 Å². The lowest BCUT2D eigenvalue weighted by Gasteiger charge is -2.37. The first-order valence-corrected chi connectivity index (χ1v) is 5.96. The van der Waals surface area contributed by atoms with Crippen molar-refractivity contribution in [3.8, 4) is 0 Å². The fourth-order valence-electron chi connectivity index (χ4n) is 2.65. The summed E-state index contributed by atoms with van der Waals surface area (Å²) in [5, 5.41) is 31.3. The molecular formula is C11H19NO6. The minimum absolute atomic E-state index is 0.198. The summed E-state index contributed by atoms with van der Waals surface area (Å²) in [5.74, 6) is -1.28. The Bertz CT molecular complexity index is 337. The van der Waals surface area contributed by atoms with Crippen molar-refractivity contribution in [1.29, 1.82) is 0 Å². The van der Waals surface area contributed by atoms with Crippen LogP contribution in [-0.4, -0.2) is 64.1 Å². The van der Waals surface area contributed by atoms with Crippen molar-refractivity contribution in [2.75, 3.05) is 6.61 Å². The molecule has 2 aliphatic rings. The normalized spacial score (nSPS) is 44.7. The van der Waals surface area contributed by atoms with E-state index in [1.165, 1.54) is 6.92 Å². The van der Waals surface area contributed by atoms with Crippen LogP contribution in [-0.2, 0) is 14.3 Å². The van der Waals surface area contributed by atoms with Gasteiger partial charge in [-0.2, -0.15) is 0 Å². The van der Waals surface area contributed by atoms with Gasteiger partial charge in [-0.1, -0.05) is 0 Å². The van der Waals surface area contributed by atoms with Gasteiger partial charge in [-0.25, -0.2) is 0 Å². The molecule has 0 spiro atoms. The summed E-state index contributed by atoms with van der Waals surface area (Å²) in [4.78, 5) is 11.1. The fraction of sp³-hybridized carbons (Fsp3) is 0.909. The van der Waals surface area contributed by atoms with Crippen molar-refractivity contribution in [3.63, 3.8) is 0 Å². The lowest BCUT2D eigenvalue weighted by Crippen LogP contribution is -2.58. The van der Waals surface area contributed by atoms with Crippen LogP contribution in [0.1, 0.15) is 20.3 Å². The topological polar surface area (TPSA) is 108 Å². The predicted octanol–water partition coefficient (Wildman–Crippen LogP) is -1.89. The molecular weight excluding hydrogens is 242 g/mol. The van der Waals surface area contributed by atoms with Crippen LogP contribution in [0.2, 0.25) is 0 Å². The van der Waals surface area contributed by atoms with E-state index < -0.39 is 42.9 Å². The number of ether oxygens (including phenoxy) is 2. The van der Waals surface area contributed by atoms with Gasteiger partial charge in [0, 0.05) is 13.3 Å². The third-order valence-electron chi connectivity index (χ3n) is 3.38. The lowest BCUT2D eigenvalue weighted by molar-refractivity contribution is -0.210. The Morgan fingerprint density at radius 2 is 2.22 bits per heavy atom. The lowest BCUT2D eigenvalue weighted by atomic mass is 9.92. The van der Waals surface area contributed by atoms with Crippen LogP contribution < -0.4 is 5.32 Å². The molecule has 2 rings (SSSR count). The summed E-state index contributed by atoms with van der Waals surface area (Å²) < 4.78 is 11.2. The summed E-state index contributed by atoms with van der Waals surface area (Å²) >= 11 is 0. The van der Waals surface area contributed by atoms with Crippen LogP contribution in [0.25, 0.3) is 0 Å². The van der Waals surface area contributed by atoms with E-state index in [0.29, 0.717) is 0 Å². The van der Waals surface area contributed by atoms with E-state index in [-0.39, 0.29) is 12.3 Å². The zero-order valence-electron chi connectivity index (χ0n) is 10.4. The van der Waals surface area contributed by atoms with E-state index >= 15 is 0 Å². The molecule has 0 aromatic rings. The molecule has 104 valence electrons. The molecule has 2 saturated heterocycles. The Hall–Kier alpha value is -0.730. The summed E-state index contributed by atoms with van der Waals surface area (Å²) in [5.41, 5.74) is 0. The molecule has 0 aromatic heterocycles. The Morgan fingerprint density at radius 1 is 1.56 bits per heavy atom. The zero-order valence-corrected chi connectivity index (χ0v) is 10.4. The molecule has 7 heteroatoms. The van der Waals surface area contributed by atoms with Gasteiger partial charge in [-0.3, -0.25) is 4.79 Å². The highest BCUT2D eigenvalue weighted by molar-refractivity contribution is 5.73. The molecule has 1 amide bonds. The van der Waals surface area contributed by atoms with Crippen molar-refractivity contribution in [2.45, 2.75) is 56.5 Å². The number of aliphatic hydroxyl groups excluding tert-OH is 3. The van der Waals surface area contributed by atoms with Gasteiger partial charge in [0.05, 0.1) is 18.8 Å². The molecule has 18 heavy (non-hydrogen) atoms. The molecule has 0 radical (unpaired) electrons. The maximum atomic E-state index is 11.1. The smallest absolute Gasteiger partial charge is 0.217 e. The van der Waals surface area contributed by atoms with E-state index in [0.717, 1.165) is 0 Å². The Kier molecular flexibility index (Phi) is 3.61. The van der Waals surface area contributed by atoms with Crippen molar-refractivity contribution in [1.82, 2.24) is 5.32 Å². The second-order valence-electron chi connectivity index (χ2n) is 5.05. The average Bonchev–Trinajstić information content (AvgIpc) is 2.57. The van der Waals surface area contributed by atoms with Gasteiger partial charge in [0.1, 0.15) is 18.3 Å². The van der Waals surface area contributed by atoms with Crippen LogP contribution in [0.3, 0.4) is 0 Å². The fourth-order valence-corrected chi connectivity index (χ4v) is 2.65. The van der Waals surface area contributed by atoms with Gasteiger partial charge < -0.3 is 30.1 Å². The molecule has 0 saturated carbocycles. The Labute approximate surface area is 105 Å². The minimum atomic E-state index is -1.11. The molecule has 2 bridgehead atoms. The van der Waals surface area contributed by atoms with E-state index in [1.54, 1.807) is 6.92 Å². The Balaban J connectivity index is 2.20. The van der Waals surface area contributed by atoms with Crippen LogP contribution >= 0.6 is 0 Å². The molecule has 0 aromatic carbocycles. The SMILES string of the molecule is CC(=O)N[C@H]1C2O[C@@](C)(C[C@H]1O)O[C@@H]2[C@H](O)CO. The summed E-state index contributed by atoms with van der Waals surface area (Å²) in [6, 6.07) is -0.649. The molecule has 7 nitrogen and oxygen atoms in total. The number of rotatable bonds is 3. The number of hydrogen-bond donors (Lipinski definition) is 4. The molecule has 2 aliphatic heterocycles. The van der Waals surface area contributed by atoms with Crippen molar-refractivity contribution in [3.05, 3.63) is 0 Å². The number of aliphatic hydroxyl groups is 3. The maximum absolute atomic E-state index is 11.1. The van der Waals surface area contributed by atoms with E-state index in [4.69, 9.17) is 14.6 Å². The van der Waals surface area contributed by atoms with Gasteiger partial charge in [-0.05, 0) is 6.92 Å². The first kappa shape index (κ1) is 13.7. The van der Waals surface area contributed by atoms with Crippen LogP contribution in [0, 0.1) is 0 Å². The number of nitrogens with one attached hydrogen (secondary N) is 1. The highest BCUT2D eigenvalue weighted by Gasteiger charge is 2.57. The zero-order chi connectivity index (χ0) is 13.5. The molecule has 1 unspecified atom stereocenters. The highest BCUT2D eigenvalue weighted by atomic mass is 16.8. The molecule has 4 N–H and O–H groups in total. The monoisotopic (exact) mass is 261 g/mol. The largest absolute Gasteiger partial charge is 0.394 e. The van der Waals surface area contributed by atoms with Crippen molar-refractivity contribution < 1.29 is 29.6 Å². The summed E-state index contributed by atoms with van der Waals surface area (Å²) in [7, 11) is 0. The van der Waals surface area contributed by atoms with Crippen molar-refractivity contribution >= 4 is 5.91 Å². The third-order valence-corrected chi connectivity index (χ3v) is 3.38. The number of carbonyl (C=O) groups excluding carboxylic acids is 1. The van der Waals surface area contributed by atoms with Gasteiger partial charge in [0.2, 0.25) is 5.91 Å². The summed E-state index contributed by atoms with van der Waals surface area (Å²) in [6.07, 6.45) is -3.17. The molecule has 2 fully saturated rings. The molecule has 6 atom stereocenters. The average molecular weight is 261 g/mol. The van der Waals surface area contributed by atoms with Gasteiger partial charge in [0.25, 0.3) is 0 Å². The Morgan fingerprint density at radius 3 is 2.78 bits per heavy atom. The van der Waals surface area contributed by atoms with Gasteiger partial charge in [0.15, 0.2) is 5.79 Å². The van der Waals surface area contributed by atoms with E-state index in [9.17, 15) is 15.0 Å². The van der Waals surface area contributed by atoms with Crippen LogP contribution in [0.5, 0.6) is 0 Å². The van der Waals surface area contributed by atoms with Gasteiger partial charge in [-0.15, -0.1) is 0 Å². The quantitative estimate of drug-likeness (QED) is 0.473. The summed E-state index contributed by atoms with van der Waals surface area (Å²) in [6.45, 7) is 2.54. The maximum Gasteiger partial charge on any atom is 0.217 e. The first-order valence-electron chi connectivity index (χ1n) is 5.96. The second-order valence-corrected chi connectivity index (χ2v) is 5.05. The number of hydrogen-bond acceptors (Lipinski definition) is 6. The van der Waals surface area contributed by atoms with E-state index in [1.807, 2.05) is 0 Å². The minimum Gasteiger partial charge on any atom is -0.394 e. The van der Waals surface area contributed by atoms with Crippen LogP contribution in [0.15, 0.2) is 0 Å².